The first-order valence-electron chi connectivity index (χ1n) is 9.63. The maximum absolute atomic E-state index is 9.07. The predicted octanol–water partition coefficient (Wildman–Crippen LogP) is 4.96. The number of fused-ring (bicyclic) bond motifs is 1. The molecule has 0 bridgehead atoms. The summed E-state index contributed by atoms with van der Waals surface area (Å²) in [6.07, 6.45) is 11.4. The molecule has 1 aromatic carbocycles. The molecule has 25 heavy (non-hydrogen) atoms. The van der Waals surface area contributed by atoms with Crippen molar-refractivity contribution in [3.8, 4) is 6.07 Å². The molecule has 1 aromatic rings. The molecule has 2 nitrogen and oxygen atoms in total. The molecule has 0 saturated heterocycles. The van der Waals surface area contributed by atoms with Gasteiger partial charge in [-0.15, -0.1) is 0 Å². The smallest absolute Gasteiger partial charge is 0.0991 e. The van der Waals surface area contributed by atoms with Crippen LogP contribution < -0.4 is 5.32 Å². The molecule has 1 spiro atoms. The molecule has 3 aliphatic carbocycles. The Bertz CT molecular complexity index is 862. The van der Waals surface area contributed by atoms with Crippen molar-refractivity contribution in [2.75, 3.05) is 6.54 Å². The number of rotatable bonds is 1. The van der Waals surface area contributed by atoms with Gasteiger partial charge in [-0.3, -0.25) is 0 Å². The van der Waals surface area contributed by atoms with E-state index in [0.29, 0.717) is 0 Å². The fourth-order valence-corrected chi connectivity index (χ4v) is 5.76. The highest BCUT2D eigenvalue weighted by molar-refractivity contribution is 5.89. The largest absolute Gasteiger partial charge is 0.389 e. The minimum Gasteiger partial charge on any atom is -0.389 e. The fourth-order valence-electron chi connectivity index (χ4n) is 5.76. The quantitative estimate of drug-likeness (QED) is 0.791. The van der Waals surface area contributed by atoms with Crippen LogP contribution in [0.5, 0.6) is 0 Å². The third kappa shape index (κ3) is 2.02. The Morgan fingerprint density at radius 1 is 1.20 bits per heavy atom. The molecule has 1 N–H and O–H groups in total. The van der Waals surface area contributed by atoms with Crippen LogP contribution in [0.25, 0.3) is 5.57 Å². The van der Waals surface area contributed by atoms with E-state index in [9.17, 15) is 0 Å². The fraction of sp³-hybridized carbons (Fsp3) is 0.435. The van der Waals surface area contributed by atoms with Crippen molar-refractivity contribution in [2.45, 2.75) is 39.0 Å². The van der Waals surface area contributed by atoms with E-state index in [1.807, 2.05) is 12.1 Å². The van der Waals surface area contributed by atoms with Gasteiger partial charge in [0.15, 0.2) is 0 Å². The number of hydrogen-bond acceptors (Lipinski definition) is 2. The van der Waals surface area contributed by atoms with Gasteiger partial charge >= 0.3 is 0 Å². The second-order valence-corrected chi connectivity index (χ2v) is 8.22. The average Bonchev–Trinajstić information content (AvgIpc) is 3.18. The van der Waals surface area contributed by atoms with Crippen LogP contribution in [0.1, 0.15) is 50.2 Å². The van der Waals surface area contributed by atoms with Gasteiger partial charge in [-0.1, -0.05) is 24.6 Å². The zero-order valence-corrected chi connectivity index (χ0v) is 14.8. The van der Waals surface area contributed by atoms with Crippen molar-refractivity contribution in [1.82, 2.24) is 5.32 Å². The number of nitrogens with zero attached hydrogens (tertiary/aromatic N) is 1. The first-order chi connectivity index (χ1) is 12.2. The molecule has 1 fully saturated rings. The summed E-state index contributed by atoms with van der Waals surface area (Å²) in [5, 5.41) is 12.6. The van der Waals surface area contributed by atoms with Crippen molar-refractivity contribution in [3.63, 3.8) is 0 Å². The SMILES string of the molecule is CC1CCCC2=C3C=C(c4ccc(C#N)cc4)C4=CNCC43CCC21. The van der Waals surface area contributed by atoms with Gasteiger partial charge in [-0.05, 0) is 84.4 Å². The molecule has 0 radical (unpaired) electrons. The van der Waals surface area contributed by atoms with Crippen LogP contribution >= 0.6 is 0 Å². The molecule has 3 atom stereocenters. The molecule has 4 aliphatic rings. The summed E-state index contributed by atoms with van der Waals surface area (Å²) in [4.78, 5) is 0. The number of benzene rings is 1. The minimum absolute atomic E-state index is 0.214. The van der Waals surface area contributed by atoms with Crippen molar-refractivity contribution < 1.29 is 0 Å². The maximum Gasteiger partial charge on any atom is 0.0991 e. The van der Waals surface area contributed by atoms with Crippen molar-refractivity contribution in [1.29, 1.82) is 5.26 Å². The Morgan fingerprint density at radius 2 is 2.04 bits per heavy atom. The summed E-state index contributed by atoms with van der Waals surface area (Å²) in [6, 6.07) is 10.3. The highest BCUT2D eigenvalue weighted by Crippen LogP contribution is 2.61. The lowest BCUT2D eigenvalue weighted by molar-refractivity contribution is 0.246. The number of nitrogens with one attached hydrogen (secondary N) is 1. The number of nitriles is 1. The van der Waals surface area contributed by atoms with Crippen LogP contribution in [0.4, 0.5) is 0 Å². The van der Waals surface area contributed by atoms with Gasteiger partial charge in [-0.2, -0.15) is 5.26 Å². The van der Waals surface area contributed by atoms with E-state index in [2.05, 4.69) is 42.7 Å². The Morgan fingerprint density at radius 3 is 2.84 bits per heavy atom. The monoisotopic (exact) mass is 328 g/mol. The lowest BCUT2D eigenvalue weighted by Gasteiger charge is -2.43. The molecular formula is C23H24N2. The van der Waals surface area contributed by atoms with Gasteiger partial charge in [0.05, 0.1) is 11.6 Å². The molecule has 1 heterocycles. The Hall–Kier alpha value is -2.27. The van der Waals surface area contributed by atoms with Gasteiger partial charge < -0.3 is 5.32 Å². The summed E-state index contributed by atoms with van der Waals surface area (Å²) in [6.45, 7) is 3.50. The highest BCUT2D eigenvalue weighted by atomic mass is 14.9. The van der Waals surface area contributed by atoms with Crippen molar-refractivity contribution >= 4 is 5.57 Å². The van der Waals surface area contributed by atoms with E-state index in [0.717, 1.165) is 23.9 Å². The van der Waals surface area contributed by atoms with E-state index in [1.54, 1.807) is 11.1 Å². The molecule has 5 rings (SSSR count). The molecule has 0 aromatic heterocycles. The summed E-state index contributed by atoms with van der Waals surface area (Å²) in [5.74, 6) is 1.63. The molecule has 1 saturated carbocycles. The molecule has 1 aliphatic heterocycles. The van der Waals surface area contributed by atoms with Crippen LogP contribution in [0.3, 0.4) is 0 Å². The summed E-state index contributed by atoms with van der Waals surface area (Å²) in [7, 11) is 0. The predicted molar refractivity (Wildman–Crippen MR) is 100 cm³/mol. The zero-order chi connectivity index (χ0) is 17.0. The minimum atomic E-state index is 0.214. The van der Waals surface area contributed by atoms with Gasteiger partial charge in [0.25, 0.3) is 0 Å². The summed E-state index contributed by atoms with van der Waals surface area (Å²) < 4.78 is 0. The van der Waals surface area contributed by atoms with E-state index < -0.39 is 0 Å². The number of allylic oxidation sites excluding steroid dienone is 3. The molecule has 0 amide bonds. The third-order valence-corrected chi connectivity index (χ3v) is 7.05. The zero-order valence-electron chi connectivity index (χ0n) is 14.8. The summed E-state index contributed by atoms with van der Waals surface area (Å²) in [5.41, 5.74) is 8.43. The van der Waals surface area contributed by atoms with Crippen LogP contribution in [0.15, 0.2) is 53.3 Å². The molecule has 3 unspecified atom stereocenters. The Labute approximate surface area is 149 Å². The van der Waals surface area contributed by atoms with Gasteiger partial charge in [-0.25, -0.2) is 0 Å². The van der Waals surface area contributed by atoms with E-state index >= 15 is 0 Å². The average molecular weight is 328 g/mol. The Balaban J connectivity index is 1.65. The normalized spacial score (nSPS) is 32.8. The van der Waals surface area contributed by atoms with Crippen LogP contribution in [0.2, 0.25) is 0 Å². The lowest BCUT2D eigenvalue weighted by Crippen LogP contribution is -2.36. The summed E-state index contributed by atoms with van der Waals surface area (Å²) >= 11 is 0. The van der Waals surface area contributed by atoms with Gasteiger partial charge in [0, 0.05) is 18.2 Å². The third-order valence-electron chi connectivity index (χ3n) is 7.05. The first-order valence-corrected chi connectivity index (χ1v) is 9.63. The lowest BCUT2D eigenvalue weighted by atomic mass is 9.61. The maximum atomic E-state index is 9.07. The van der Waals surface area contributed by atoms with E-state index in [4.69, 9.17) is 5.26 Å². The van der Waals surface area contributed by atoms with E-state index in [-0.39, 0.29) is 5.41 Å². The number of hydrogen-bond donors (Lipinski definition) is 1. The second kappa shape index (κ2) is 5.36. The van der Waals surface area contributed by atoms with E-state index in [1.165, 1.54) is 48.8 Å². The van der Waals surface area contributed by atoms with Gasteiger partial charge in [0.1, 0.15) is 0 Å². The first kappa shape index (κ1) is 15.0. The van der Waals surface area contributed by atoms with Gasteiger partial charge in [0.2, 0.25) is 0 Å². The highest BCUT2D eigenvalue weighted by Gasteiger charge is 2.51. The molecule has 126 valence electrons. The topological polar surface area (TPSA) is 35.8 Å². The Kier molecular flexibility index (Phi) is 3.22. The molecular weight excluding hydrogens is 304 g/mol. The van der Waals surface area contributed by atoms with Crippen LogP contribution in [0, 0.1) is 28.6 Å². The standard InChI is InChI=1S/C23H24N2/c1-15-3-2-4-19-18(15)9-10-23-14-25-13-22(23)20(11-21(19)23)17-7-5-16(12-24)6-8-17/h5-8,11,13,15,18,25H,2-4,9-10,14H2,1H3. The molecule has 2 heteroatoms. The van der Waals surface area contributed by atoms with Crippen LogP contribution in [-0.4, -0.2) is 6.54 Å². The van der Waals surface area contributed by atoms with Crippen LogP contribution in [-0.2, 0) is 0 Å². The van der Waals surface area contributed by atoms with Crippen molar-refractivity contribution in [3.05, 3.63) is 64.4 Å². The second-order valence-electron chi connectivity index (χ2n) is 8.22. The van der Waals surface area contributed by atoms with Crippen molar-refractivity contribution in [2.24, 2.45) is 17.3 Å².